The third-order valence-electron chi connectivity index (χ3n) is 6.54. The first kappa shape index (κ1) is 18.7. The number of esters is 1. The van der Waals surface area contributed by atoms with Gasteiger partial charge in [0.25, 0.3) is 5.91 Å². The van der Waals surface area contributed by atoms with Crippen molar-refractivity contribution < 1.29 is 14.3 Å². The Hall–Kier alpha value is -1.09. The summed E-state index contributed by atoms with van der Waals surface area (Å²) in [5.74, 6) is 0.497. The van der Waals surface area contributed by atoms with Gasteiger partial charge in [0.05, 0.1) is 11.5 Å². The monoisotopic (exact) mass is 410 g/mol. The molecule has 1 N–H and O–H groups in total. The molecular formula is C19H27BrN2O3. The molecule has 4 aliphatic carbocycles. The maximum Gasteiger partial charge on any atom is 0.312 e. The van der Waals surface area contributed by atoms with Gasteiger partial charge in [0.1, 0.15) is 5.54 Å². The molecule has 0 saturated heterocycles. The van der Waals surface area contributed by atoms with Crippen LogP contribution in [0.1, 0.15) is 59.3 Å². The van der Waals surface area contributed by atoms with Crippen molar-refractivity contribution in [3.05, 3.63) is 0 Å². The first-order valence-electron chi connectivity index (χ1n) is 9.18. The number of hydrogen-bond donors (Lipinski definition) is 1. The van der Waals surface area contributed by atoms with Gasteiger partial charge in [-0.15, -0.1) is 0 Å². The smallest absolute Gasteiger partial charge is 0.312 e. The molecule has 4 fully saturated rings. The fourth-order valence-corrected chi connectivity index (χ4v) is 6.75. The van der Waals surface area contributed by atoms with Crippen molar-refractivity contribution in [3.8, 4) is 6.07 Å². The summed E-state index contributed by atoms with van der Waals surface area (Å²) < 4.78 is 5.50. The normalized spacial score (nSPS) is 38.1. The first-order chi connectivity index (χ1) is 11.6. The molecule has 0 aromatic heterocycles. The van der Waals surface area contributed by atoms with Crippen LogP contribution in [0.3, 0.4) is 0 Å². The van der Waals surface area contributed by atoms with Crippen LogP contribution in [-0.2, 0) is 14.3 Å². The van der Waals surface area contributed by atoms with Crippen LogP contribution < -0.4 is 5.32 Å². The molecule has 0 aromatic carbocycles. The Labute approximate surface area is 158 Å². The van der Waals surface area contributed by atoms with E-state index in [0.717, 1.165) is 32.1 Å². The van der Waals surface area contributed by atoms with Crippen LogP contribution in [0.25, 0.3) is 0 Å². The molecule has 0 radical (unpaired) electrons. The zero-order chi connectivity index (χ0) is 18.5. The number of halogens is 1. The van der Waals surface area contributed by atoms with E-state index < -0.39 is 16.9 Å². The van der Waals surface area contributed by atoms with Crippen molar-refractivity contribution in [3.63, 3.8) is 0 Å². The number of alkyl halides is 1. The summed E-state index contributed by atoms with van der Waals surface area (Å²) in [7, 11) is 0. The second-order valence-corrected chi connectivity index (χ2v) is 10.7. The molecular weight excluding hydrogens is 384 g/mol. The molecule has 5 nitrogen and oxygen atoms in total. The fraction of sp³-hybridized carbons (Fsp3) is 0.842. The third-order valence-corrected chi connectivity index (χ3v) is 7.47. The van der Waals surface area contributed by atoms with Crippen LogP contribution in [-0.4, -0.2) is 28.3 Å². The second-order valence-electron chi connectivity index (χ2n) is 8.99. The quantitative estimate of drug-likeness (QED) is 0.556. The van der Waals surface area contributed by atoms with Gasteiger partial charge in [-0.2, -0.15) is 5.26 Å². The lowest BCUT2D eigenvalue weighted by atomic mass is 9.49. The number of ether oxygens (including phenoxy) is 1. The van der Waals surface area contributed by atoms with E-state index in [0.29, 0.717) is 11.8 Å². The highest BCUT2D eigenvalue weighted by Gasteiger charge is 2.60. The predicted octanol–water partition coefficient (Wildman–Crippen LogP) is 3.32. The SMILES string of the molecule is CC(C)[C@](C)(C#N)NC(=O)COC(=O)C12C[C@@H]3C[C@@H](CC(Br)(C3)C1)C2. The molecule has 2 unspecified atom stereocenters. The van der Waals surface area contributed by atoms with Gasteiger partial charge in [-0.25, -0.2) is 0 Å². The standard InChI is InChI=1S/C19H27BrN2O3/c1-12(2)17(3,11-21)22-15(23)9-25-16(24)18-5-13-4-14(6-18)8-19(20,7-13)10-18/h12-14H,4-10H2,1-3H3,(H,22,23)/t13-,14+,17-,18?,19?/m0/s1. The highest BCUT2D eigenvalue weighted by atomic mass is 79.9. The highest BCUT2D eigenvalue weighted by Crippen LogP contribution is 2.64. The fourth-order valence-electron chi connectivity index (χ4n) is 5.30. The van der Waals surface area contributed by atoms with Crippen molar-refractivity contribution >= 4 is 27.8 Å². The van der Waals surface area contributed by atoms with E-state index in [-0.39, 0.29) is 22.8 Å². The number of nitrogens with zero attached hydrogens (tertiary/aromatic N) is 1. The van der Waals surface area contributed by atoms with E-state index in [1.807, 2.05) is 13.8 Å². The summed E-state index contributed by atoms with van der Waals surface area (Å²) in [6.07, 6.45) is 6.10. The van der Waals surface area contributed by atoms with E-state index in [9.17, 15) is 14.9 Å². The number of amides is 1. The Morgan fingerprint density at radius 3 is 2.40 bits per heavy atom. The molecule has 4 aliphatic rings. The predicted molar refractivity (Wildman–Crippen MR) is 96.7 cm³/mol. The lowest BCUT2D eigenvalue weighted by molar-refractivity contribution is -0.171. The van der Waals surface area contributed by atoms with E-state index in [1.54, 1.807) is 6.92 Å². The lowest BCUT2D eigenvalue weighted by Crippen LogP contribution is -2.56. The molecule has 6 heteroatoms. The van der Waals surface area contributed by atoms with Gasteiger partial charge in [0.15, 0.2) is 6.61 Å². The molecule has 0 aliphatic heterocycles. The van der Waals surface area contributed by atoms with Crippen LogP contribution in [0, 0.1) is 34.5 Å². The lowest BCUT2D eigenvalue weighted by Gasteiger charge is -2.58. The van der Waals surface area contributed by atoms with E-state index in [1.165, 1.54) is 6.42 Å². The average molecular weight is 411 g/mol. The molecule has 1 amide bonds. The molecule has 5 atom stereocenters. The number of nitriles is 1. The van der Waals surface area contributed by atoms with Crippen LogP contribution in [0.4, 0.5) is 0 Å². The van der Waals surface area contributed by atoms with Gasteiger partial charge >= 0.3 is 5.97 Å². The number of hydrogen-bond acceptors (Lipinski definition) is 4. The maximum atomic E-state index is 12.8. The van der Waals surface area contributed by atoms with E-state index in [2.05, 4.69) is 27.3 Å². The van der Waals surface area contributed by atoms with Gasteiger partial charge in [-0.05, 0) is 63.2 Å². The summed E-state index contributed by atoms with van der Waals surface area (Å²) >= 11 is 3.88. The van der Waals surface area contributed by atoms with Crippen LogP contribution in [0.5, 0.6) is 0 Å². The van der Waals surface area contributed by atoms with Crippen LogP contribution >= 0.6 is 15.9 Å². The number of carbonyl (C=O) groups is 2. The van der Waals surface area contributed by atoms with Crippen molar-refractivity contribution in [2.24, 2.45) is 23.2 Å². The summed E-state index contributed by atoms with van der Waals surface area (Å²) in [6.45, 7) is 5.13. The van der Waals surface area contributed by atoms with Crippen molar-refractivity contribution in [1.82, 2.24) is 5.32 Å². The molecule has 0 heterocycles. The average Bonchev–Trinajstić information content (AvgIpc) is 2.49. The highest BCUT2D eigenvalue weighted by molar-refractivity contribution is 9.10. The van der Waals surface area contributed by atoms with E-state index >= 15 is 0 Å². The van der Waals surface area contributed by atoms with Gasteiger partial charge in [0.2, 0.25) is 0 Å². The Morgan fingerprint density at radius 1 is 1.32 bits per heavy atom. The minimum atomic E-state index is -0.954. The Bertz CT molecular complexity index is 613. The zero-order valence-electron chi connectivity index (χ0n) is 15.2. The minimum Gasteiger partial charge on any atom is -0.455 e. The molecule has 25 heavy (non-hydrogen) atoms. The van der Waals surface area contributed by atoms with Crippen molar-refractivity contribution in [2.75, 3.05) is 6.61 Å². The maximum absolute atomic E-state index is 12.8. The van der Waals surface area contributed by atoms with E-state index in [4.69, 9.17) is 4.74 Å². The molecule has 138 valence electrons. The zero-order valence-corrected chi connectivity index (χ0v) is 16.8. The summed E-state index contributed by atoms with van der Waals surface area (Å²) in [4.78, 5) is 25.0. The first-order valence-corrected chi connectivity index (χ1v) is 9.97. The third kappa shape index (κ3) is 3.45. The summed E-state index contributed by atoms with van der Waals surface area (Å²) in [6, 6.07) is 2.13. The molecule has 4 saturated carbocycles. The number of nitrogens with one attached hydrogen (secondary N) is 1. The van der Waals surface area contributed by atoms with Crippen LogP contribution in [0.15, 0.2) is 0 Å². The van der Waals surface area contributed by atoms with Crippen molar-refractivity contribution in [2.45, 2.75) is 69.2 Å². The second kappa shape index (κ2) is 6.26. The Morgan fingerprint density at radius 2 is 1.92 bits per heavy atom. The Balaban J connectivity index is 1.60. The van der Waals surface area contributed by atoms with Gasteiger partial charge in [-0.3, -0.25) is 9.59 Å². The summed E-state index contributed by atoms with van der Waals surface area (Å²) in [5.41, 5.74) is -1.38. The molecule has 0 spiro atoms. The minimum absolute atomic E-state index is 0.0337. The Kier molecular flexibility index (Phi) is 4.68. The number of rotatable bonds is 5. The van der Waals surface area contributed by atoms with Crippen molar-refractivity contribution in [1.29, 1.82) is 5.26 Å². The van der Waals surface area contributed by atoms with Crippen LogP contribution in [0.2, 0.25) is 0 Å². The van der Waals surface area contributed by atoms with Gasteiger partial charge in [-0.1, -0.05) is 29.8 Å². The summed E-state index contributed by atoms with van der Waals surface area (Å²) in [5, 5.41) is 12.0. The molecule has 4 rings (SSSR count). The molecule has 4 bridgehead atoms. The number of carbonyl (C=O) groups excluding carboxylic acids is 2. The molecule has 0 aromatic rings. The largest absolute Gasteiger partial charge is 0.455 e. The van der Waals surface area contributed by atoms with Gasteiger partial charge in [0, 0.05) is 4.32 Å². The van der Waals surface area contributed by atoms with Gasteiger partial charge < -0.3 is 10.1 Å². The topological polar surface area (TPSA) is 79.2 Å².